The molecule has 0 saturated heterocycles. The minimum Gasteiger partial charge on any atom is -0.506 e. The summed E-state index contributed by atoms with van der Waals surface area (Å²) in [6.45, 7) is 3.53. The number of phenols is 1. The van der Waals surface area contributed by atoms with E-state index in [0.29, 0.717) is 11.4 Å². The highest BCUT2D eigenvalue weighted by Gasteiger charge is 2.16. The van der Waals surface area contributed by atoms with Crippen molar-refractivity contribution in [2.75, 3.05) is 5.32 Å². The topological polar surface area (TPSA) is 58.6 Å². The highest BCUT2D eigenvalue weighted by Crippen LogP contribution is 2.24. The molecule has 0 spiro atoms. The number of para-hydroxylation sites is 1. The maximum atomic E-state index is 12.0. The van der Waals surface area contributed by atoms with Crippen molar-refractivity contribution in [3.8, 4) is 11.5 Å². The minimum absolute atomic E-state index is 0.0465. The summed E-state index contributed by atoms with van der Waals surface area (Å²) in [5.41, 5.74) is 1.30. The second-order valence-electron chi connectivity index (χ2n) is 4.58. The van der Waals surface area contributed by atoms with E-state index < -0.39 is 6.10 Å². The van der Waals surface area contributed by atoms with E-state index in [1.165, 1.54) is 0 Å². The number of hydrogen-bond acceptors (Lipinski definition) is 3. The van der Waals surface area contributed by atoms with Crippen LogP contribution in [0.3, 0.4) is 0 Å². The molecule has 0 aliphatic carbocycles. The molecule has 104 valence electrons. The second-order valence-corrected chi connectivity index (χ2v) is 4.58. The zero-order valence-electron chi connectivity index (χ0n) is 11.5. The van der Waals surface area contributed by atoms with E-state index in [-0.39, 0.29) is 11.7 Å². The van der Waals surface area contributed by atoms with Crippen LogP contribution in [0.4, 0.5) is 5.69 Å². The lowest BCUT2D eigenvalue weighted by atomic mass is 10.2. The zero-order chi connectivity index (χ0) is 14.5. The smallest absolute Gasteiger partial charge is 0.265 e. The van der Waals surface area contributed by atoms with Gasteiger partial charge in [0.15, 0.2) is 6.10 Å². The van der Waals surface area contributed by atoms with Crippen LogP contribution in [-0.2, 0) is 4.79 Å². The van der Waals surface area contributed by atoms with Gasteiger partial charge in [0.05, 0.1) is 5.69 Å². The Morgan fingerprint density at radius 1 is 1.20 bits per heavy atom. The van der Waals surface area contributed by atoms with Gasteiger partial charge >= 0.3 is 0 Å². The van der Waals surface area contributed by atoms with Crippen LogP contribution in [0.15, 0.2) is 48.5 Å². The number of benzene rings is 2. The number of carbonyl (C=O) groups excluding carboxylic acids is 1. The Kier molecular flexibility index (Phi) is 4.25. The molecule has 0 aliphatic rings. The monoisotopic (exact) mass is 271 g/mol. The van der Waals surface area contributed by atoms with Crippen LogP contribution in [0.2, 0.25) is 0 Å². The van der Waals surface area contributed by atoms with E-state index >= 15 is 0 Å². The Labute approximate surface area is 118 Å². The first kappa shape index (κ1) is 13.9. The SMILES string of the molecule is Cc1ccc(NC(=O)[C@H](C)Oc2ccccc2)c(O)c1. The van der Waals surface area contributed by atoms with Gasteiger partial charge in [0, 0.05) is 0 Å². The van der Waals surface area contributed by atoms with Gasteiger partial charge in [0.2, 0.25) is 0 Å². The molecule has 0 radical (unpaired) electrons. The normalized spacial score (nSPS) is 11.7. The first-order valence-electron chi connectivity index (χ1n) is 6.38. The van der Waals surface area contributed by atoms with Crippen LogP contribution in [0.5, 0.6) is 11.5 Å². The third-order valence-electron chi connectivity index (χ3n) is 2.84. The van der Waals surface area contributed by atoms with Crippen LogP contribution in [0.1, 0.15) is 12.5 Å². The van der Waals surface area contributed by atoms with Gasteiger partial charge < -0.3 is 15.2 Å². The summed E-state index contributed by atoms with van der Waals surface area (Å²) in [6, 6.07) is 14.2. The standard InChI is InChI=1S/C16H17NO3/c1-11-8-9-14(15(18)10-11)17-16(19)12(2)20-13-6-4-3-5-7-13/h3-10,12,18H,1-2H3,(H,17,19)/t12-/m0/s1. The molecule has 0 fully saturated rings. The first-order chi connectivity index (χ1) is 9.56. The molecule has 2 N–H and O–H groups in total. The van der Waals surface area contributed by atoms with Gasteiger partial charge in [-0.1, -0.05) is 24.3 Å². The van der Waals surface area contributed by atoms with Gasteiger partial charge in [0.1, 0.15) is 11.5 Å². The number of carbonyl (C=O) groups is 1. The van der Waals surface area contributed by atoms with Crippen LogP contribution < -0.4 is 10.1 Å². The Bertz CT molecular complexity index is 596. The lowest BCUT2D eigenvalue weighted by Gasteiger charge is -2.15. The number of amides is 1. The largest absolute Gasteiger partial charge is 0.506 e. The maximum absolute atomic E-state index is 12.0. The third-order valence-corrected chi connectivity index (χ3v) is 2.84. The van der Waals surface area contributed by atoms with Gasteiger partial charge in [0.25, 0.3) is 5.91 Å². The van der Waals surface area contributed by atoms with Gasteiger partial charge in [-0.05, 0) is 43.7 Å². The molecule has 0 bridgehead atoms. The zero-order valence-corrected chi connectivity index (χ0v) is 11.5. The van der Waals surface area contributed by atoms with E-state index in [1.54, 1.807) is 31.2 Å². The van der Waals surface area contributed by atoms with Crippen molar-refractivity contribution < 1.29 is 14.6 Å². The average molecular weight is 271 g/mol. The number of aromatic hydroxyl groups is 1. The molecular formula is C16H17NO3. The van der Waals surface area contributed by atoms with Crippen molar-refractivity contribution in [1.82, 2.24) is 0 Å². The fourth-order valence-corrected chi connectivity index (χ4v) is 1.74. The van der Waals surface area contributed by atoms with Crippen LogP contribution in [-0.4, -0.2) is 17.1 Å². The summed E-state index contributed by atoms with van der Waals surface area (Å²) >= 11 is 0. The summed E-state index contributed by atoms with van der Waals surface area (Å²) in [7, 11) is 0. The van der Waals surface area contributed by atoms with Crippen molar-refractivity contribution in [2.45, 2.75) is 20.0 Å². The Morgan fingerprint density at radius 2 is 1.90 bits per heavy atom. The van der Waals surface area contributed by atoms with E-state index in [9.17, 15) is 9.90 Å². The maximum Gasteiger partial charge on any atom is 0.265 e. The van der Waals surface area contributed by atoms with Gasteiger partial charge in [-0.2, -0.15) is 0 Å². The molecule has 0 aromatic heterocycles. The molecule has 20 heavy (non-hydrogen) atoms. The summed E-state index contributed by atoms with van der Waals surface area (Å²) in [4.78, 5) is 12.0. The molecule has 2 rings (SSSR count). The summed E-state index contributed by atoms with van der Waals surface area (Å²) in [5.74, 6) is 0.363. The molecule has 2 aromatic rings. The summed E-state index contributed by atoms with van der Waals surface area (Å²) < 4.78 is 5.52. The quantitative estimate of drug-likeness (QED) is 0.840. The molecule has 4 nitrogen and oxygen atoms in total. The molecule has 1 atom stereocenters. The number of phenolic OH excluding ortho intramolecular Hbond substituents is 1. The van der Waals surface area contributed by atoms with E-state index in [1.807, 2.05) is 31.2 Å². The third kappa shape index (κ3) is 3.51. The number of aryl methyl sites for hydroxylation is 1. The van der Waals surface area contributed by atoms with Gasteiger partial charge in [-0.3, -0.25) is 4.79 Å². The van der Waals surface area contributed by atoms with Gasteiger partial charge in [-0.15, -0.1) is 0 Å². The predicted molar refractivity (Wildman–Crippen MR) is 78.0 cm³/mol. The van der Waals surface area contributed by atoms with E-state index in [0.717, 1.165) is 5.56 Å². The van der Waals surface area contributed by atoms with Crippen LogP contribution >= 0.6 is 0 Å². The molecule has 0 unspecified atom stereocenters. The number of ether oxygens (including phenoxy) is 1. The highest BCUT2D eigenvalue weighted by atomic mass is 16.5. The van der Waals surface area contributed by atoms with Crippen molar-refractivity contribution in [1.29, 1.82) is 0 Å². The average Bonchev–Trinajstić information content (AvgIpc) is 2.43. The van der Waals surface area contributed by atoms with Crippen molar-refractivity contribution in [3.63, 3.8) is 0 Å². The lowest BCUT2D eigenvalue weighted by Crippen LogP contribution is -2.30. The fourth-order valence-electron chi connectivity index (χ4n) is 1.74. The Hall–Kier alpha value is -2.49. The molecular weight excluding hydrogens is 254 g/mol. The van der Waals surface area contributed by atoms with E-state index in [2.05, 4.69) is 5.32 Å². The summed E-state index contributed by atoms with van der Waals surface area (Å²) in [6.07, 6.45) is -0.655. The van der Waals surface area contributed by atoms with Crippen molar-refractivity contribution >= 4 is 11.6 Å². The van der Waals surface area contributed by atoms with Crippen molar-refractivity contribution in [2.24, 2.45) is 0 Å². The Balaban J connectivity index is 2.01. The minimum atomic E-state index is -0.655. The Morgan fingerprint density at radius 3 is 2.55 bits per heavy atom. The molecule has 4 heteroatoms. The molecule has 1 amide bonds. The van der Waals surface area contributed by atoms with Crippen molar-refractivity contribution in [3.05, 3.63) is 54.1 Å². The molecule has 0 aliphatic heterocycles. The predicted octanol–water partition coefficient (Wildman–Crippen LogP) is 3.11. The molecule has 0 heterocycles. The number of rotatable bonds is 4. The number of anilines is 1. The summed E-state index contributed by atoms with van der Waals surface area (Å²) in [5, 5.41) is 12.4. The second kappa shape index (κ2) is 6.10. The molecule has 2 aromatic carbocycles. The van der Waals surface area contributed by atoms with Crippen LogP contribution in [0, 0.1) is 6.92 Å². The number of nitrogens with one attached hydrogen (secondary N) is 1. The van der Waals surface area contributed by atoms with Crippen LogP contribution in [0.25, 0.3) is 0 Å². The lowest BCUT2D eigenvalue weighted by molar-refractivity contribution is -0.122. The van der Waals surface area contributed by atoms with E-state index in [4.69, 9.17) is 4.74 Å². The number of hydrogen-bond donors (Lipinski definition) is 2. The first-order valence-corrected chi connectivity index (χ1v) is 6.38. The fraction of sp³-hybridized carbons (Fsp3) is 0.188. The highest BCUT2D eigenvalue weighted by molar-refractivity contribution is 5.95. The van der Waals surface area contributed by atoms with Gasteiger partial charge in [-0.25, -0.2) is 0 Å². The molecule has 0 saturated carbocycles.